The van der Waals surface area contributed by atoms with E-state index in [2.05, 4.69) is 0 Å². The molecule has 4 bridgehead atoms. The highest BCUT2D eigenvalue weighted by Gasteiger charge is 2.65. The maximum atomic E-state index is 13.3. The van der Waals surface area contributed by atoms with Crippen LogP contribution in [-0.2, 0) is 22.6 Å². The van der Waals surface area contributed by atoms with Crippen molar-refractivity contribution in [3.63, 3.8) is 0 Å². The standard InChI is InChI=1S/C21H26N2O3S/c22-20(25)21-8-11-6-13(21)7-12(9-21)16(11)18-17(19(24)23-3-1-4-23)14-2-5-26-10-15(14)27-18/h11-13,16H,1-10H2,(H2,22,25). The van der Waals surface area contributed by atoms with Crippen molar-refractivity contribution in [1.82, 2.24) is 4.90 Å². The Morgan fingerprint density at radius 2 is 1.93 bits per heavy atom. The summed E-state index contributed by atoms with van der Waals surface area (Å²) in [6, 6.07) is 0. The molecule has 5 fully saturated rings. The van der Waals surface area contributed by atoms with Crippen LogP contribution in [0.2, 0.25) is 0 Å². The lowest BCUT2D eigenvalue weighted by Gasteiger charge is -2.38. The normalized spacial score (nSPS) is 38.7. The number of nitrogens with zero attached hydrogens (tertiary/aromatic N) is 1. The highest BCUT2D eigenvalue weighted by atomic mass is 32.1. The molecule has 0 radical (unpaired) electrons. The van der Waals surface area contributed by atoms with E-state index in [4.69, 9.17) is 10.5 Å². The summed E-state index contributed by atoms with van der Waals surface area (Å²) in [6.07, 6.45) is 6.07. The number of nitrogens with two attached hydrogens (primary N) is 1. The van der Waals surface area contributed by atoms with Gasteiger partial charge in [0.05, 0.1) is 24.2 Å². The molecule has 2 aliphatic heterocycles. The lowest BCUT2D eigenvalue weighted by Crippen LogP contribution is -2.43. The van der Waals surface area contributed by atoms with E-state index in [-0.39, 0.29) is 17.2 Å². The predicted molar refractivity (Wildman–Crippen MR) is 102 cm³/mol. The predicted octanol–water partition coefficient (Wildman–Crippen LogP) is 2.67. The molecule has 4 saturated carbocycles. The van der Waals surface area contributed by atoms with E-state index in [0.29, 0.717) is 36.9 Å². The van der Waals surface area contributed by atoms with Gasteiger partial charge < -0.3 is 15.4 Å². The third-order valence-electron chi connectivity index (χ3n) is 8.22. The number of hydrogen-bond acceptors (Lipinski definition) is 4. The largest absolute Gasteiger partial charge is 0.376 e. The summed E-state index contributed by atoms with van der Waals surface area (Å²) in [4.78, 5) is 30.2. The number of carbonyl (C=O) groups excluding carboxylic acids is 2. The van der Waals surface area contributed by atoms with Crippen LogP contribution in [0, 0.1) is 23.2 Å². The quantitative estimate of drug-likeness (QED) is 0.868. The van der Waals surface area contributed by atoms with Crippen LogP contribution in [-0.4, -0.2) is 36.4 Å². The molecule has 0 spiro atoms. The molecule has 1 saturated heterocycles. The third kappa shape index (κ3) is 2.09. The van der Waals surface area contributed by atoms with Crippen molar-refractivity contribution in [2.45, 2.75) is 51.0 Å². The molecule has 144 valence electrons. The smallest absolute Gasteiger partial charge is 0.255 e. The first-order chi connectivity index (χ1) is 13.1. The minimum atomic E-state index is -0.243. The van der Waals surface area contributed by atoms with Gasteiger partial charge in [-0.25, -0.2) is 0 Å². The number of amides is 2. The molecule has 1 aromatic rings. The van der Waals surface area contributed by atoms with E-state index in [0.717, 1.165) is 57.2 Å². The summed E-state index contributed by atoms with van der Waals surface area (Å²) in [5, 5.41) is 0. The lowest BCUT2D eigenvalue weighted by atomic mass is 9.67. The van der Waals surface area contributed by atoms with Crippen LogP contribution in [0.5, 0.6) is 0 Å². The zero-order valence-electron chi connectivity index (χ0n) is 15.5. The summed E-state index contributed by atoms with van der Waals surface area (Å²) in [7, 11) is 0. The van der Waals surface area contributed by atoms with E-state index < -0.39 is 0 Å². The fourth-order valence-electron chi connectivity index (χ4n) is 6.96. The van der Waals surface area contributed by atoms with Gasteiger partial charge in [0.25, 0.3) is 5.91 Å². The van der Waals surface area contributed by atoms with Crippen LogP contribution >= 0.6 is 11.3 Å². The molecular weight excluding hydrogens is 360 g/mol. The molecule has 6 heteroatoms. The Hall–Kier alpha value is -1.40. The number of primary amides is 1. The zero-order chi connectivity index (χ0) is 18.3. The number of rotatable bonds is 3. The van der Waals surface area contributed by atoms with Gasteiger partial charge in [-0.1, -0.05) is 0 Å². The van der Waals surface area contributed by atoms with Gasteiger partial charge in [-0.3, -0.25) is 9.59 Å². The van der Waals surface area contributed by atoms with Crippen LogP contribution in [0.3, 0.4) is 0 Å². The van der Waals surface area contributed by atoms with E-state index in [1.165, 1.54) is 15.3 Å². The van der Waals surface area contributed by atoms with Gasteiger partial charge in [0.1, 0.15) is 0 Å². The lowest BCUT2D eigenvalue weighted by molar-refractivity contribution is -0.129. The molecular formula is C21H26N2O3S. The molecule has 4 aliphatic carbocycles. The van der Waals surface area contributed by atoms with Crippen molar-refractivity contribution < 1.29 is 14.3 Å². The molecule has 2 N–H and O–H groups in total. The highest BCUT2D eigenvalue weighted by Crippen LogP contribution is 2.70. The van der Waals surface area contributed by atoms with Crippen LogP contribution in [0.25, 0.3) is 0 Å². The van der Waals surface area contributed by atoms with E-state index in [9.17, 15) is 9.59 Å². The average molecular weight is 387 g/mol. The average Bonchev–Trinajstić information content (AvgIpc) is 3.19. The Morgan fingerprint density at radius 3 is 2.52 bits per heavy atom. The fraction of sp³-hybridized carbons (Fsp3) is 0.714. The second kappa shape index (κ2) is 5.57. The maximum Gasteiger partial charge on any atom is 0.255 e. The Bertz CT molecular complexity index is 827. The summed E-state index contributed by atoms with van der Waals surface area (Å²) in [6.45, 7) is 3.15. The maximum absolute atomic E-state index is 13.3. The van der Waals surface area contributed by atoms with Gasteiger partial charge in [0.2, 0.25) is 5.91 Å². The second-order valence-corrected chi connectivity index (χ2v) is 10.5. The molecule has 7 rings (SSSR count). The molecule has 2 amide bonds. The Labute approximate surface area is 163 Å². The van der Waals surface area contributed by atoms with Crippen molar-refractivity contribution in [2.75, 3.05) is 19.7 Å². The first-order valence-electron chi connectivity index (χ1n) is 10.4. The highest BCUT2D eigenvalue weighted by molar-refractivity contribution is 7.12. The van der Waals surface area contributed by atoms with E-state index in [1.54, 1.807) is 0 Å². The second-order valence-electron chi connectivity index (χ2n) is 9.33. The zero-order valence-corrected chi connectivity index (χ0v) is 16.4. The minimum Gasteiger partial charge on any atom is -0.376 e. The third-order valence-corrected chi connectivity index (χ3v) is 9.53. The van der Waals surface area contributed by atoms with Crippen molar-refractivity contribution in [2.24, 2.45) is 28.9 Å². The number of hydrogen-bond donors (Lipinski definition) is 1. The molecule has 27 heavy (non-hydrogen) atoms. The summed E-state index contributed by atoms with van der Waals surface area (Å²) < 4.78 is 5.70. The number of ether oxygens (including phenoxy) is 1. The topological polar surface area (TPSA) is 72.6 Å². The minimum absolute atomic E-state index is 0.0771. The summed E-state index contributed by atoms with van der Waals surface area (Å²) >= 11 is 1.83. The first-order valence-corrected chi connectivity index (χ1v) is 11.2. The van der Waals surface area contributed by atoms with Crippen molar-refractivity contribution >= 4 is 23.2 Å². The van der Waals surface area contributed by atoms with Crippen LogP contribution in [0.15, 0.2) is 0 Å². The number of likely N-dealkylation sites (tertiary alicyclic amines) is 1. The Kier molecular flexibility index (Phi) is 3.41. The van der Waals surface area contributed by atoms with Gasteiger partial charge in [-0.15, -0.1) is 11.3 Å². The van der Waals surface area contributed by atoms with Crippen molar-refractivity contribution in [1.29, 1.82) is 0 Å². The van der Waals surface area contributed by atoms with Gasteiger partial charge in [0.15, 0.2) is 0 Å². The van der Waals surface area contributed by atoms with E-state index >= 15 is 0 Å². The van der Waals surface area contributed by atoms with Gasteiger partial charge in [-0.05, 0) is 67.8 Å². The monoisotopic (exact) mass is 386 g/mol. The number of fused-ring (bicyclic) bond motifs is 1. The Morgan fingerprint density at radius 1 is 1.19 bits per heavy atom. The van der Waals surface area contributed by atoms with Crippen molar-refractivity contribution in [3.05, 3.63) is 20.9 Å². The molecule has 5 nitrogen and oxygen atoms in total. The number of carbonyl (C=O) groups is 2. The van der Waals surface area contributed by atoms with Gasteiger partial charge in [-0.2, -0.15) is 0 Å². The number of thiophene rings is 1. The van der Waals surface area contributed by atoms with Crippen LogP contribution in [0.4, 0.5) is 0 Å². The van der Waals surface area contributed by atoms with Gasteiger partial charge in [0, 0.05) is 22.8 Å². The SMILES string of the molecule is NC(=O)C12CC3CC1CC(C2)C3c1sc2c(c1C(=O)N1CCC1)CCOC2. The molecule has 2 atom stereocenters. The Balaban J connectivity index is 1.43. The summed E-state index contributed by atoms with van der Waals surface area (Å²) in [5.74, 6) is 2.11. The summed E-state index contributed by atoms with van der Waals surface area (Å²) in [5.41, 5.74) is 7.89. The molecule has 2 unspecified atom stereocenters. The van der Waals surface area contributed by atoms with E-state index in [1.807, 2.05) is 16.2 Å². The van der Waals surface area contributed by atoms with Crippen LogP contribution < -0.4 is 5.73 Å². The molecule has 0 aromatic carbocycles. The van der Waals surface area contributed by atoms with Crippen LogP contribution in [0.1, 0.15) is 63.7 Å². The van der Waals surface area contributed by atoms with Crippen molar-refractivity contribution in [3.8, 4) is 0 Å². The van der Waals surface area contributed by atoms with Gasteiger partial charge >= 0.3 is 0 Å². The molecule has 3 heterocycles. The fourth-order valence-corrected chi connectivity index (χ4v) is 8.53. The first kappa shape index (κ1) is 16.5. The molecule has 6 aliphatic rings. The molecule has 1 aromatic heterocycles.